The first-order valence-corrected chi connectivity index (χ1v) is 11.2. The predicted molar refractivity (Wildman–Crippen MR) is 106 cm³/mol. The van der Waals surface area contributed by atoms with Gasteiger partial charge in [0.1, 0.15) is 0 Å². The maximum Gasteiger partial charge on any atom is 0.223 e. The third kappa shape index (κ3) is 5.46. The van der Waals surface area contributed by atoms with Gasteiger partial charge in [-0.05, 0) is 44.4 Å². The molecule has 3 rings (SSSR count). The molecule has 0 unspecified atom stereocenters. The fourth-order valence-electron chi connectivity index (χ4n) is 4.87. The highest BCUT2D eigenvalue weighted by Crippen LogP contribution is 2.39. The van der Waals surface area contributed by atoms with E-state index in [1.54, 1.807) is 0 Å². The van der Waals surface area contributed by atoms with Crippen LogP contribution in [0.1, 0.15) is 84.5 Å². The van der Waals surface area contributed by atoms with Crippen molar-refractivity contribution >= 4 is 11.8 Å². The van der Waals surface area contributed by atoms with Gasteiger partial charge in [0, 0.05) is 32.0 Å². The third-order valence-electron chi connectivity index (χ3n) is 7.07. The van der Waals surface area contributed by atoms with E-state index in [4.69, 9.17) is 4.74 Å². The molecule has 5 heteroatoms. The quantitative estimate of drug-likeness (QED) is 0.767. The summed E-state index contributed by atoms with van der Waals surface area (Å²) in [5.74, 6) is 1.21. The molecule has 0 aromatic rings. The summed E-state index contributed by atoms with van der Waals surface area (Å²) in [5.41, 5.74) is -0.0621. The Bertz CT molecular complexity index is 508. The normalized spacial score (nSPS) is 26.9. The van der Waals surface area contributed by atoms with Crippen molar-refractivity contribution in [1.29, 1.82) is 0 Å². The van der Waals surface area contributed by atoms with Crippen molar-refractivity contribution in [2.45, 2.75) is 96.2 Å². The zero-order valence-electron chi connectivity index (χ0n) is 17.3. The van der Waals surface area contributed by atoms with Crippen LogP contribution in [0.2, 0.25) is 0 Å². The molecule has 0 aromatic carbocycles. The second-order valence-corrected chi connectivity index (χ2v) is 9.14. The minimum Gasteiger partial charge on any atom is -0.370 e. The largest absolute Gasteiger partial charge is 0.370 e. The molecule has 154 valence electrons. The Morgan fingerprint density at radius 3 is 2.48 bits per heavy atom. The molecule has 1 saturated carbocycles. The predicted octanol–water partition coefficient (Wildman–Crippen LogP) is 3.66. The summed E-state index contributed by atoms with van der Waals surface area (Å²) < 4.78 is 6.41. The fourth-order valence-corrected chi connectivity index (χ4v) is 4.87. The number of hydrogen-bond acceptors (Lipinski definition) is 3. The summed E-state index contributed by atoms with van der Waals surface area (Å²) in [6, 6.07) is 0. The van der Waals surface area contributed by atoms with E-state index < -0.39 is 0 Å². The minimum absolute atomic E-state index is 0.0621. The number of amides is 2. The van der Waals surface area contributed by atoms with Gasteiger partial charge < -0.3 is 15.0 Å². The van der Waals surface area contributed by atoms with Crippen LogP contribution in [-0.4, -0.2) is 48.1 Å². The van der Waals surface area contributed by atoms with Crippen LogP contribution >= 0.6 is 0 Å². The monoisotopic (exact) mass is 378 g/mol. The van der Waals surface area contributed by atoms with Crippen LogP contribution in [0.15, 0.2) is 0 Å². The van der Waals surface area contributed by atoms with Gasteiger partial charge >= 0.3 is 0 Å². The molecule has 2 aliphatic heterocycles. The zero-order valence-corrected chi connectivity index (χ0v) is 17.3. The molecule has 1 aliphatic carbocycles. The molecular weight excluding hydrogens is 340 g/mol. The molecule has 0 aromatic heterocycles. The molecular formula is C22H38N2O3. The summed E-state index contributed by atoms with van der Waals surface area (Å²) in [5, 5.41) is 3.14. The molecule has 0 bridgehead atoms. The van der Waals surface area contributed by atoms with Crippen molar-refractivity contribution in [3.8, 4) is 0 Å². The maximum absolute atomic E-state index is 12.4. The SMILES string of the molecule is CC[C@H](C)CC(=O)N1CCC2(CC[C@@H](CNC(=O)C3CCCCC3)O2)CC1. The number of piperidine rings is 1. The number of hydrogen-bond donors (Lipinski definition) is 1. The lowest BCUT2D eigenvalue weighted by Crippen LogP contribution is -2.47. The summed E-state index contributed by atoms with van der Waals surface area (Å²) in [7, 11) is 0. The van der Waals surface area contributed by atoms with Crippen molar-refractivity contribution in [3.63, 3.8) is 0 Å². The molecule has 1 spiro atoms. The lowest BCUT2D eigenvalue weighted by atomic mass is 9.88. The van der Waals surface area contributed by atoms with Crippen LogP contribution in [0.3, 0.4) is 0 Å². The molecule has 2 saturated heterocycles. The zero-order chi connectivity index (χ0) is 19.3. The first-order chi connectivity index (χ1) is 13.0. The summed E-state index contributed by atoms with van der Waals surface area (Å²) in [6.07, 6.45) is 11.6. The Hall–Kier alpha value is -1.10. The average Bonchev–Trinajstić information content (AvgIpc) is 3.09. The highest BCUT2D eigenvalue weighted by atomic mass is 16.5. The average molecular weight is 379 g/mol. The van der Waals surface area contributed by atoms with E-state index in [-0.39, 0.29) is 23.5 Å². The van der Waals surface area contributed by atoms with E-state index in [0.29, 0.717) is 24.8 Å². The van der Waals surface area contributed by atoms with Crippen molar-refractivity contribution < 1.29 is 14.3 Å². The Morgan fingerprint density at radius 2 is 1.81 bits per heavy atom. The van der Waals surface area contributed by atoms with Gasteiger partial charge in [-0.1, -0.05) is 39.5 Å². The topological polar surface area (TPSA) is 58.6 Å². The molecule has 1 N–H and O–H groups in total. The van der Waals surface area contributed by atoms with Crippen LogP contribution < -0.4 is 5.32 Å². The van der Waals surface area contributed by atoms with Gasteiger partial charge in [0.2, 0.25) is 11.8 Å². The number of nitrogens with zero attached hydrogens (tertiary/aromatic N) is 1. The smallest absolute Gasteiger partial charge is 0.223 e. The molecule has 0 radical (unpaired) electrons. The van der Waals surface area contributed by atoms with E-state index in [2.05, 4.69) is 19.2 Å². The van der Waals surface area contributed by atoms with E-state index in [0.717, 1.165) is 58.0 Å². The van der Waals surface area contributed by atoms with Gasteiger partial charge in [-0.25, -0.2) is 0 Å². The van der Waals surface area contributed by atoms with Gasteiger partial charge in [0.15, 0.2) is 0 Å². The second-order valence-electron chi connectivity index (χ2n) is 9.14. The third-order valence-corrected chi connectivity index (χ3v) is 7.07. The molecule has 2 amide bonds. The fraction of sp³-hybridized carbons (Fsp3) is 0.909. The van der Waals surface area contributed by atoms with E-state index in [1.807, 2.05) is 4.90 Å². The number of ether oxygens (including phenoxy) is 1. The van der Waals surface area contributed by atoms with E-state index >= 15 is 0 Å². The highest BCUT2D eigenvalue weighted by Gasteiger charge is 2.43. The van der Waals surface area contributed by atoms with Crippen molar-refractivity contribution in [2.24, 2.45) is 11.8 Å². The number of carbonyl (C=O) groups excluding carboxylic acids is 2. The summed E-state index contributed by atoms with van der Waals surface area (Å²) in [4.78, 5) is 26.8. The van der Waals surface area contributed by atoms with Crippen LogP contribution in [0.4, 0.5) is 0 Å². The van der Waals surface area contributed by atoms with Gasteiger partial charge in [-0.15, -0.1) is 0 Å². The molecule has 3 fully saturated rings. The number of likely N-dealkylation sites (tertiary alicyclic amines) is 1. The number of rotatable bonds is 6. The van der Waals surface area contributed by atoms with Crippen LogP contribution in [0.25, 0.3) is 0 Å². The summed E-state index contributed by atoms with van der Waals surface area (Å²) in [6.45, 7) is 6.57. The Balaban J connectivity index is 1.39. The van der Waals surface area contributed by atoms with Gasteiger partial charge in [0.25, 0.3) is 0 Å². The van der Waals surface area contributed by atoms with Crippen LogP contribution in [0.5, 0.6) is 0 Å². The van der Waals surface area contributed by atoms with E-state index in [1.165, 1.54) is 19.3 Å². The first-order valence-electron chi connectivity index (χ1n) is 11.2. The standard InChI is InChI=1S/C22H38N2O3/c1-3-17(2)15-20(25)24-13-11-22(12-14-24)10-9-19(27-22)16-23-21(26)18-7-5-4-6-8-18/h17-19H,3-16H2,1-2H3,(H,23,26)/t17-,19-/m0/s1. The van der Waals surface area contributed by atoms with Crippen molar-refractivity contribution in [3.05, 3.63) is 0 Å². The highest BCUT2D eigenvalue weighted by molar-refractivity contribution is 5.78. The van der Waals surface area contributed by atoms with Gasteiger partial charge in [0.05, 0.1) is 11.7 Å². The molecule has 2 heterocycles. The van der Waals surface area contributed by atoms with E-state index in [9.17, 15) is 9.59 Å². The Kier molecular flexibility index (Phi) is 7.18. The maximum atomic E-state index is 12.4. The van der Waals surface area contributed by atoms with Crippen molar-refractivity contribution in [2.75, 3.05) is 19.6 Å². The second kappa shape index (κ2) is 9.40. The lowest BCUT2D eigenvalue weighted by molar-refractivity contribution is -0.139. The minimum atomic E-state index is -0.0621. The molecule has 2 atom stereocenters. The lowest BCUT2D eigenvalue weighted by Gasteiger charge is -2.39. The molecule has 5 nitrogen and oxygen atoms in total. The van der Waals surface area contributed by atoms with Crippen LogP contribution in [-0.2, 0) is 14.3 Å². The van der Waals surface area contributed by atoms with Gasteiger partial charge in [-0.3, -0.25) is 9.59 Å². The van der Waals surface area contributed by atoms with Gasteiger partial charge in [-0.2, -0.15) is 0 Å². The Labute approximate surface area is 164 Å². The Morgan fingerprint density at radius 1 is 1.11 bits per heavy atom. The van der Waals surface area contributed by atoms with Crippen LogP contribution in [0, 0.1) is 11.8 Å². The molecule has 27 heavy (non-hydrogen) atoms. The van der Waals surface area contributed by atoms with Crippen molar-refractivity contribution in [1.82, 2.24) is 10.2 Å². The number of carbonyl (C=O) groups is 2. The molecule has 3 aliphatic rings. The summed E-state index contributed by atoms with van der Waals surface area (Å²) >= 11 is 0. The first kappa shape index (κ1) is 20.6. The number of nitrogens with one attached hydrogen (secondary N) is 1.